The lowest BCUT2D eigenvalue weighted by molar-refractivity contribution is 0.415. The molecule has 0 amide bonds. The van der Waals surface area contributed by atoms with Gasteiger partial charge in [-0.05, 0) is 36.8 Å². The molecule has 2 heterocycles. The first-order chi connectivity index (χ1) is 13.3. The summed E-state index contributed by atoms with van der Waals surface area (Å²) in [5, 5.41) is 4.21. The highest BCUT2D eigenvalue weighted by atomic mass is 16.5. The van der Waals surface area contributed by atoms with Crippen molar-refractivity contribution in [2.75, 3.05) is 12.5 Å². The molecule has 0 unspecified atom stereocenters. The fourth-order valence-corrected chi connectivity index (χ4v) is 2.81. The van der Waals surface area contributed by atoms with Crippen LogP contribution in [0.4, 0.5) is 5.95 Å². The number of ether oxygens (including phenoxy) is 1. The molecule has 1 aromatic carbocycles. The first-order valence-electron chi connectivity index (χ1n) is 8.57. The predicted octanol–water partition coefficient (Wildman–Crippen LogP) is 1.46. The van der Waals surface area contributed by atoms with Crippen molar-refractivity contribution in [1.82, 2.24) is 18.7 Å². The van der Waals surface area contributed by atoms with Gasteiger partial charge in [0.1, 0.15) is 5.75 Å². The minimum atomic E-state index is -0.439. The van der Waals surface area contributed by atoms with Crippen molar-refractivity contribution in [3.8, 4) is 5.75 Å². The zero-order chi connectivity index (χ0) is 20.4. The SMILES string of the molecule is C=C(C)Cn1c(N/N=C/c2ccc(OC)cc2)nc2c1c(=O)n(C)c(=O)n2C. The van der Waals surface area contributed by atoms with E-state index in [9.17, 15) is 9.59 Å². The third-order valence-corrected chi connectivity index (χ3v) is 4.27. The molecule has 0 fully saturated rings. The third-order valence-electron chi connectivity index (χ3n) is 4.27. The fraction of sp³-hybridized carbons (Fsp3) is 0.263. The number of benzene rings is 1. The second-order valence-corrected chi connectivity index (χ2v) is 6.50. The molecule has 0 saturated carbocycles. The first kappa shape index (κ1) is 19.2. The quantitative estimate of drug-likeness (QED) is 0.396. The Hall–Kier alpha value is -3.62. The van der Waals surface area contributed by atoms with E-state index in [4.69, 9.17) is 4.74 Å². The van der Waals surface area contributed by atoms with Gasteiger partial charge in [-0.15, -0.1) is 0 Å². The number of fused-ring (bicyclic) bond motifs is 1. The van der Waals surface area contributed by atoms with Crippen molar-refractivity contribution in [3.05, 3.63) is 62.8 Å². The van der Waals surface area contributed by atoms with Crippen LogP contribution in [0.2, 0.25) is 0 Å². The number of anilines is 1. The predicted molar refractivity (Wildman–Crippen MR) is 109 cm³/mol. The minimum absolute atomic E-state index is 0.288. The maximum atomic E-state index is 12.7. The van der Waals surface area contributed by atoms with Crippen LogP contribution in [0.15, 0.2) is 51.1 Å². The Morgan fingerprint density at radius 3 is 2.54 bits per heavy atom. The number of hydrogen-bond acceptors (Lipinski definition) is 6. The molecule has 0 radical (unpaired) electrons. The second kappa shape index (κ2) is 7.55. The van der Waals surface area contributed by atoms with Gasteiger partial charge in [0.15, 0.2) is 11.2 Å². The molecule has 0 aliphatic carbocycles. The van der Waals surface area contributed by atoms with Crippen LogP contribution in [0.3, 0.4) is 0 Å². The van der Waals surface area contributed by atoms with Crippen molar-refractivity contribution in [1.29, 1.82) is 0 Å². The molecule has 9 heteroatoms. The van der Waals surface area contributed by atoms with E-state index < -0.39 is 11.2 Å². The number of aryl methyl sites for hydroxylation is 1. The molecule has 1 N–H and O–H groups in total. The molecule has 2 aromatic heterocycles. The summed E-state index contributed by atoms with van der Waals surface area (Å²) in [6.07, 6.45) is 1.63. The molecule has 0 spiro atoms. The van der Waals surface area contributed by atoms with E-state index >= 15 is 0 Å². The summed E-state index contributed by atoms with van der Waals surface area (Å²) >= 11 is 0. The molecule has 28 heavy (non-hydrogen) atoms. The average molecular weight is 382 g/mol. The van der Waals surface area contributed by atoms with E-state index in [0.717, 1.165) is 21.5 Å². The maximum Gasteiger partial charge on any atom is 0.332 e. The molecule has 0 aliphatic rings. The molecule has 0 aliphatic heterocycles. The lowest BCUT2D eigenvalue weighted by Crippen LogP contribution is -2.37. The molecule has 146 valence electrons. The maximum absolute atomic E-state index is 12.7. The van der Waals surface area contributed by atoms with Crippen molar-refractivity contribution in [2.45, 2.75) is 13.5 Å². The van der Waals surface area contributed by atoms with Crippen LogP contribution in [0, 0.1) is 0 Å². The zero-order valence-electron chi connectivity index (χ0n) is 16.3. The van der Waals surface area contributed by atoms with Gasteiger partial charge in [0, 0.05) is 20.6 Å². The van der Waals surface area contributed by atoms with Gasteiger partial charge in [0.2, 0.25) is 5.95 Å². The Balaban J connectivity index is 2.04. The normalized spacial score (nSPS) is 11.3. The van der Waals surface area contributed by atoms with Gasteiger partial charge in [-0.2, -0.15) is 10.1 Å². The summed E-state index contributed by atoms with van der Waals surface area (Å²) in [7, 11) is 4.62. The molecule has 0 atom stereocenters. The minimum Gasteiger partial charge on any atom is -0.497 e. The van der Waals surface area contributed by atoms with Crippen molar-refractivity contribution >= 4 is 23.3 Å². The van der Waals surface area contributed by atoms with E-state index in [1.54, 1.807) is 24.9 Å². The average Bonchev–Trinajstić information content (AvgIpc) is 3.03. The van der Waals surface area contributed by atoms with E-state index in [1.807, 2.05) is 31.2 Å². The summed E-state index contributed by atoms with van der Waals surface area (Å²) in [5.41, 5.74) is 4.30. The molecule has 0 saturated heterocycles. The van der Waals surface area contributed by atoms with Gasteiger partial charge in [-0.3, -0.25) is 18.5 Å². The number of rotatable bonds is 6. The van der Waals surface area contributed by atoms with E-state index in [0.29, 0.717) is 18.0 Å². The molecule has 9 nitrogen and oxygen atoms in total. The Morgan fingerprint density at radius 2 is 1.93 bits per heavy atom. The lowest BCUT2D eigenvalue weighted by atomic mass is 10.2. The number of methoxy groups -OCH3 is 1. The Labute approximate surface area is 161 Å². The van der Waals surface area contributed by atoms with Crippen LogP contribution in [-0.4, -0.2) is 32.0 Å². The number of imidazole rings is 1. The van der Waals surface area contributed by atoms with Gasteiger partial charge < -0.3 is 4.74 Å². The third kappa shape index (κ3) is 3.46. The van der Waals surface area contributed by atoms with Crippen LogP contribution in [0.1, 0.15) is 12.5 Å². The Bertz CT molecular complexity index is 1180. The first-order valence-corrected chi connectivity index (χ1v) is 8.57. The summed E-state index contributed by atoms with van der Waals surface area (Å²) in [6, 6.07) is 7.38. The van der Waals surface area contributed by atoms with Crippen molar-refractivity contribution in [2.24, 2.45) is 19.2 Å². The zero-order valence-corrected chi connectivity index (χ0v) is 16.3. The van der Waals surface area contributed by atoms with Crippen molar-refractivity contribution < 1.29 is 4.74 Å². The summed E-state index contributed by atoms with van der Waals surface area (Å²) < 4.78 is 9.20. The van der Waals surface area contributed by atoms with Crippen LogP contribution >= 0.6 is 0 Å². The highest BCUT2D eigenvalue weighted by Crippen LogP contribution is 2.17. The Morgan fingerprint density at radius 1 is 1.25 bits per heavy atom. The van der Waals surface area contributed by atoms with Gasteiger partial charge in [0.05, 0.1) is 13.3 Å². The smallest absolute Gasteiger partial charge is 0.332 e. The Kier molecular flexibility index (Phi) is 5.16. The van der Waals surface area contributed by atoms with E-state index in [-0.39, 0.29) is 5.65 Å². The largest absolute Gasteiger partial charge is 0.497 e. The van der Waals surface area contributed by atoms with Crippen LogP contribution in [0.25, 0.3) is 11.2 Å². The molecule has 3 aromatic rings. The molecule has 0 bridgehead atoms. The van der Waals surface area contributed by atoms with Gasteiger partial charge in [0.25, 0.3) is 5.56 Å². The van der Waals surface area contributed by atoms with Gasteiger partial charge in [-0.1, -0.05) is 12.2 Å². The molecule has 3 rings (SSSR count). The number of aromatic nitrogens is 4. The standard InChI is InChI=1S/C19H22N6O3/c1-12(2)11-25-15-16(23(3)19(27)24(4)17(15)26)21-18(25)22-20-10-13-6-8-14(28-5)9-7-13/h6-10H,1,11H2,2-5H3,(H,21,22)/b20-10+. The highest BCUT2D eigenvalue weighted by molar-refractivity contribution is 5.80. The molecular formula is C19H22N6O3. The van der Waals surface area contributed by atoms with E-state index in [2.05, 4.69) is 22.1 Å². The molecular weight excluding hydrogens is 360 g/mol. The highest BCUT2D eigenvalue weighted by Gasteiger charge is 2.18. The second-order valence-electron chi connectivity index (χ2n) is 6.50. The fourth-order valence-electron chi connectivity index (χ4n) is 2.81. The van der Waals surface area contributed by atoms with E-state index in [1.165, 1.54) is 11.6 Å². The number of hydrazone groups is 1. The topological polar surface area (TPSA) is 95.4 Å². The van der Waals surface area contributed by atoms with Crippen LogP contribution < -0.4 is 21.4 Å². The summed E-state index contributed by atoms with van der Waals surface area (Å²) in [4.78, 5) is 29.3. The number of hydrogen-bond donors (Lipinski definition) is 1. The lowest BCUT2D eigenvalue weighted by Gasteiger charge is -2.08. The van der Waals surface area contributed by atoms with Gasteiger partial charge in [-0.25, -0.2) is 10.2 Å². The summed E-state index contributed by atoms with van der Waals surface area (Å²) in [6.45, 7) is 6.13. The number of allylic oxidation sites excluding steroid dienone is 1. The monoisotopic (exact) mass is 382 g/mol. The van der Waals surface area contributed by atoms with Crippen LogP contribution in [-0.2, 0) is 20.6 Å². The van der Waals surface area contributed by atoms with Crippen molar-refractivity contribution in [3.63, 3.8) is 0 Å². The number of nitrogens with one attached hydrogen (secondary N) is 1. The summed E-state index contributed by atoms with van der Waals surface area (Å²) in [5.74, 6) is 1.10. The van der Waals surface area contributed by atoms with Crippen LogP contribution in [0.5, 0.6) is 5.75 Å². The number of nitrogens with zero attached hydrogens (tertiary/aromatic N) is 5. The van der Waals surface area contributed by atoms with Gasteiger partial charge >= 0.3 is 5.69 Å².